The molecule has 0 radical (unpaired) electrons. The van der Waals surface area contributed by atoms with E-state index in [1.807, 2.05) is 31.2 Å². The summed E-state index contributed by atoms with van der Waals surface area (Å²) < 4.78 is 25.9. The van der Waals surface area contributed by atoms with Gasteiger partial charge >= 0.3 is 0 Å². The fraction of sp³-hybridized carbons (Fsp3) is 0.480. The predicted molar refractivity (Wildman–Crippen MR) is 117 cm³/mol. The van der Waals surface area contributed by atoms with Gasteiger partial charge in [-0.1, -0.05) is 44.7 Å². The molecular formula is C25H32FNO3. The Bertz CT molecular complexity index is 829. The molecule has 5 heteroatoms. The van der Waals surface area contributed by atoms with E-state index in [4.69, 9.17) is 9.47 Å². The lowest BCUT2D eigenvalue weighted by Crippen LogP contribution is -2.30. The molecule has 4 nitrogen and oxygen atoms in total. The van der Waals surface area contributed by atoms with Crippen LogP contribution in [0.1, 0.15) is 66.9 Å². The summed E-state index contributed by atoms with van der Waals surface area (Å²) in [4.78, 5) is 12.6. The van der Waals surface area contributed by atoms with Crippen molar-refractivity contribution in [3.63, 3.8) is 0 Å². The third-order valence-corrected chi connectivity index (χ3v) is 5.72. The Hall–Kier alpha value is -2.56. The molecule has 162 valence electrons. The van der Waals surface area contributed by atoms with Crippen LogP contribution in [0, 0.1) is 11.7 Å². The van der Waals surface area contributed by atoms with Crippen LogP contribution in [0.3, 0.4) is 0 Å². The molecule has 1 fully saturated rings. The molecule has 0 bridgehead atoms. The van der Waals surface area contributed by atoms with Gasteiger partial charge in [0, 0.05) is 12.1 Å². The van der Waals surface area contributed by atoms with E-state index in [0.29, 0.717) is 24.4 Å². The van der Waals surface area contributed by atoms with Crippen LogP contribution < -0.4 is 14.8 Å². The van der Waals surface area contributed by atoms with Crippen molar-refractivity contribution in [2.24, 2.45) is 5.92 Å². The van der Waals surface area contributed by atoms with Crippen molar-refractivity contribution in [3.05, 3.63) is 58.9 Å². The molecule has 2 aromatic rings. The second-order valence-electron chi connectivity index (χ2n) is 8.05. The van der Waals surface area contributed by atoms with Crippen molar-refractivity contribution < 1.29 is 18.7 Å². The van der Waals surface area contributed by atoms with E-state index in [9.17, 15) is 9.18 Å². The number of methoxy groups -OCH3 is 1. The number of carbonyl (C=O) groups excluding carboxylic acids is 1. The highest BCUT2D eigenvalue weighted by atomic mass is 19.1. The van der Waals surface area contributed by atoms with Crippen molar-refractivity contribution in [1.82, 2.24) is 5.32 Å². The van der Waals surface area contributed by atoms with E-state index in [1.165, 1.54) is 25.3 Å². The summed E-state index contributed by atoms with van der Waals surface area (Å²) >= 11 is 0. The van der Waals surface area contributed by atoms with Gasteiger partial charge in [0.25, 0.3) is 5.91 Å². The minimum Gasteiger partial charge on any atom is -0.497 e. The second kappa shape index (κ2) is 11.0. The molecule has 1 aliphatic rings. The van der Waals surface area contributed by atoms with E-state index in [0.717, 1.165) is 36.1 Å². The van der Waals surface area contributed by atoms with Gasteiger partial charge < -0.3 is 14.8 Å². The zero-order valence-electron chi connectivity index (χ0n) is 18.0. The van der Waals surface area contributed by atoms with Crippen molar-refractivity contribution in [3.8, 4) is 11.5 Å². The second-order valence-corrected chi connectivity index (χ2v) is 8.05. The molecule has 0 atom stereocenters. The summed E-state index contributed by atoms with van der Waals surface area (Å²) in [7, 11) is 1.62. The maximum atomic E-state index is 14.9. The van der Waals surface area contributed by atoms with Gasteiger partial charge in [-0.25, -0.2) is 4.39 Å². The topological polar surface area (TPSA) is 47.6 Å². The highest BCUT2D eigenvalue weighted by molar-refractivity contribution is 5.94. The molecule has 0 aromatic heterocycles. The van der Waals surface area contributed by atoms with Gasteiger partial charge in [0.05, 0.1) is 7.11 Å². The van der Waals surface area contributed by atoms with Crippen molar-refractivity contribution in [2.75, 3.05) is 13.7 Å². The molecule has 0 unspecified atom stereocenters. The van der Waals surface area contributed by atoms with Gasteiger partial charge in [0.1, 0.15) is 12.4 Å². The molecule has 3 rings (SSSR count). The minimum absolute atomic E-state index is 0.210. The van der Waals surface area contributed by atoms with Crippen molar-refractivity contribution in [2.45, 2.75) is 58.5 Å². The van der Waals surface area contributed by atoms with Crippen LogP contribution in [0.2, 0.25) is 0 Å². The number of ether oxygens (including phenoxy) is 2. The van der Waals surface area contributed by atoms with E-state index in [1.54, 1.807) is 13.2 Å². The first kappa shape index (κ1) is 22.1. The fourth-order valence-electron chi connectivity index (χ4n) is 4.01. The Balaban J connectivity index is 1.68. The smallest absolute Gasteiger partial charge is 0.251 e. The van der Waals surface area contributed by atoms with Crippen LogP contribution in [0.5, 0.6) is 11.5 Å². The molecule has 0 heterocycles. The Kier molecular flexibility index (Phi) is 8.12. The van der Waals surface area contributed by atoms with Crippen LogP contribution in [0.25, 0.3) is 0 Å². The number of rotatable bonds is 9. The lowest BCUT2D eigenvalue weighted by atomic mass is 9.89. The van der Waals surface area contributed by atoms with E-state index in [-0.39, 0.29) is 18.3 Å². The molecule has 1 saturated carbocycles. The highest BCUT2D eigenvalue weighted by Crippen LogP contribution is 2.28. The van der Waals surface area contributed by atoms with Gasteiger partial charge in [-0.3, -0.25) is 4.79 Å². The number of nitrogens with one attached hydrogen (secondary N) is 1. The number of carbonyl (C=O) groups is 1. The minimum atomic E-state index is -0.489. The average Bonchev–Trinajstić information content (AvgIpc) is 2.78. The number of halogens is 1. The van der Waals surface area contributed by atoms with Crippen LogP contribution >= 0.6 is 0 Å². The molecule has 1 amide bonds. The Morgan fingerprint density at radius 1 is 1.13 bits per heavy atom. The first-order valence-electron chi connectivity index (χ1n) is 11.0. The number of hydrogen-bond acceptors (Lipinski definition) is 3. The summed E-state index contributed by atoms with van der Waals surface area (Å²) in [5, 5.41) is 3.00. The van der Waals surface area contributed by atoms with E-state index < -0.39 is 5.82 Å². The summed E-state index contributed by atoms with van der Waals surface area (Å²) in [5.74, 6) is 0.835. The highest BCUT2D eigenvalue weighted by Gasteiger charge is 2.18. The normalized spacial score (nSPS) is 14.4. The average molecular weight is 414 g/mol. The third kappa shape index (κ3) is 5.97. The summed E-state index contributed by atoms with van der Waals surface area (Å²) in [6.45, 7) is 2.95. The van der Waals surface area contributed by atoms with E-state index in [2.05, 4.69) is 5.32 Å². The molecule has 1 aliphatic carbocycles. The molecule has 0 spiro atoms. The largest absolute Gasteiger partial charge is 0.497 e. The molecule has 2 aromatic carbocycles. The van der Waals surface area contributed by atoms with Crippen LogP contribution in [0.15, 0.2) is 36.4 Å². The summed E-state index contributed by atoms with van der Waals surface area (Å²) in [6, 6.07) is 10.5. The standard InChI is InChI=1S/C25H32FNO3/c1-3-7-20-14-21(25(28)27-16-18-8-5-4-6-9-18)15-23(26)24(20)30-17-19-10-12-22(29-2)13-11-19/h10-15,18H,3-9,16-17H2,1-2H3,(H,27,28). The zero-order chi connectivity index (χ0) is 21.3. The lowest BCUT2D eigenvalue weighted by Gasteiger charge is -2.22. The van der Waals surface area contributed by atoms with Gasteiger partial charge in [0.15, 0.2) is 11.6 Å². The Labute approximate surface area is 178 Å². The molecule has 0 aliphatic heterocycles. The third-order valence-electron chi connectivity index (χ3n) is 5.72. The fourth-order valence-corrected chi connectivity index (χ4v) is 4.01. The molecule has 1 N–H and O–H groups in total. The first-order chi connectivity index (χ1) is 14.6. The van der Waals surface area contributed by atoms with Gasteiger partial charge in [0.2, 0.25) is 0 Å². The van der Waals surface area contributed by atoms with Crippen molar-refractivity contribution in [1.29, 1.82) is 0 Å². The summed E-state index contributed by atoms with van der Waals surface area (Å²) in [6.07, 6.45) is 7.56. The quantitative estimate of drug-likeness (QED) is 0.576. The molecule has 30 heavy (non-hydrogen) atoms. The van der Waals surface area contributed by atoms with Gasteiger partial charge in [-0.15, -0.1) is 0 Å². The monoisotopic (exact) mass is 413 g/mol. The Morgan fingerprint density at radius 2 is 1.87 bits per heavy atom. The maximum absolute atomic E-state index is 14.9. The number of amides is 1. The van der Waals surface area contributed by atoms with Crippen molar-refractivity contribution >= 4 is 5.91 Å². The Morgan fingerprint density at radius 3 is 2.53 bits per heavy atom. The van der Waals surface area contributed by atoms with Gasteiger partial charge in [-0.2, -0.15) is 0 Å². The van der Waals surface area contributed by atoms with Crippen LogP contribution in [-0.4, -0.2) is 19.6 Å². The molecular weight excluding hydrogens is 381 g/mol. The van der Waals surface area contributed by atoms with Crippen LogP contribution in [-0.2, 0) is 13.0 Å². The maximum Gasteiger partial charge on any atom is 0.251 e. The number of aryl methyl sites for hydroxylation is 1. The SMILES string of the molecule is CCCc1cc(C(=O)NCC2CCCCC2)cc(F)c1OCc1ccc(OC)cc1. The van der Waals surface area contributed by atoms with Crippen LogP contribution in [0.4, 0.5) is 4.39 Å². The van der Waals surface area contributed by atoms with E-state index >= 15 is 0 Å². The first-order valence-corrected chi connectivity index (χ1v) is 11.0. The van der Waals surface area contributed by atoms with Gasteiger partial charge in [-0.05, 0) is 60.6 Å². The summed E-state index contributed by atoms with van der Waals surface area (Å²) in [5.41, 5.74) is 2.02. The number of hydrogen-bond donors (Lipinski definition) is 1. The predicted octanol–water partition coefficient (Wildman–Crippen LogP) is 5.68. The number of benzene rings is 2. The molecule has 0 saturated heterocycles. The zero-order valence-corrected chi connectivity index (χ0v) is 18.0. The lowest BCUT2D eigenvalue weighted by molar-refractivity contribution is 0.0943.